The molecule has 0 saturated heterocycles. The number of methoxy groups -OCH3 is 1. The fraction of sp³-hybridized carbons (Fsp3) is 0.233. The maximum atomic E-state index is 14.2. The zero-order valence-corrected chi connectivity index (χ0v) is 25.5. The Morgan fingerprint density at radius 3 is 2.65 bits per heavy atom. The molecule has 0 fully saturated rings. The van der Waals surface area contributed by atoms with E-state index in [9.17, 15) is 14.7 Å². The number of likely N-dealkylation sites (N-methyl/N-ethyl adjacent to an activating group) is 1. The molecular formula is C30H27BrClN3O4S. The molecule has 3 aromatic carbocycles. The largest absolute Gasteiger partial charge is 0.506 e. The second-order valence-electron chi connectivity index (χ2n) is 9.29. The minimum Gasteiger partial charge on any atom is -0.506 e. The maximum absolute atomic E-state index is 14.2. The summed E-state index contributed by atoms with van der Waals surface area (Å²) in [5, 5.41) is 12.9. The highest BCUT2D eigenvalue weighted by Crippen LogP contribution is 2.40. The van der Waals surface area contributed by atoms with Crippen LogP contribution in [0.4, 0.5) is 0 Å². The van der Waals surface area contributed by atoms with Crippen LogP contribution in [-0.4, -0.2) is 40.7 Å². The number of phenols is 1. The van der Waals surface area contributed by atoms with Gasteiger partial charge in [0.1, 0.15) is 17.5 Å². The van der Waals surface area contributed by atoms with Crippen molar-refractivity contribution in [2.45, 2.75) is 26.8 Å². The molecule has 10 heteroatoms. The van der Waals surface area contributed by atoms with Crippen LogP contribution >= 0.6 is 38.9 Å². The van der Waals surface area contributed by atoms with Gasteiger partial charge in [-0.3, -0.25) is 14.2 Å². The summed E-state index contributed by atoms with van der Waals surface area (Å²) in [4.78, 5) is 35.1. The number of aromatic nitrogens is 1. The quantitative estimate of drug-likeness (QED) is 0.307. The number of hydrogen-bond donors (Lipinski definition) is 1. The van der Waals surface area contributed by atoms with Crippen molar-refractivity contribution in [3.05, 3.63) is 100 Å². The second-order valence-corrected chi connectivity index (χ2v) is 11.6. The fourth-order valence-electron chi connectivity index (χ4n) is 5.12. The SMILES string of the molecule is CCN(CC)C(=O)C1=C(C)N=c2s/c(=C/c3cc(Cl)cc(Br)c3O)c(=O)n2[C@@H]1c1c(OC)ccc2ccccc12. The van der Waals surface area contributed by atoms with Crippen LogP contribution in [0.5, 0.6) is 11.5 Å². The lowest BCUT2D eigenvalue weighted by Gasteiger charge is -2.30. The van der Waals surface area contributed by atoms with Gasteiger partial charge in [0.15, 0.2) is 4.80 Å². The summed E-state index contributed by atoms with van der Waals surface area (Å²) in [6, 6.07) is 14.0. The number of halogens is 2. The molecule has 0 spiro atoms. The Morgan fingerprint density at radius 1 is 1.23 bits per heavy atom. The summed E-state index contributed by atoms with van der Waals surface area (Å²) in [5.41, 5.74) is 1.73. The van der Waals surface area contributed by atoms with Crippen molar-refractivity contribution in [1.29, 1.82) is 0 Å². The van der Waals surface area contributed by atoms with Crippen LogP contribution in [0.3, 0.4) is 0 Å². The first-order chi connectivity index (χ1) is 19.2. The van der Waals surface area contributed by atoms with E-state index in [0.29, 0.717) is 60.1 Å². The number of nitrogens with zero attached hydrogens (tertiary/aromatic N) is 3. The van der Waals surface area contributed by atoms with Crippen LogP contribution in [0.25, 0.3) is 16.8 Å². The number of thiazole rings is 1. The molecule has 4 aromatic rings. The van der Waals surface area contributed by atoms with Crippen molar-refractivity contribution in [3.63, 3.8) is 0 Å². The lowest BCUT2D eigenvalue weighted by molar-refractivity contribution is -0.127. The molecule has 1 atom stereocenters. The summed E-state index contributed by atoms with van der Waals surface area (Å²) >= 11 is 10.7. The van der Waals surface area contributed by atoms with E-state index in [-0.39, 0.29) is 17.2 Å². The zero-order chi connectivity index (χ0) is 28.7. The Kier molecular flexibility index (Phi) is 7.90. The molecule has 40 heavy (non-hydrogen) atoms. The third-order valence-corrected chi connectivity index (χ3v) is 8.88. The standard InChI is InChI=1S/C30H27BrClN3O4S/c1-5-34(6-2)29(38)24-16(3)33-30-35(26(24)25-20-10-8-7-9-17(20)11-12-22(25)39-4)28(37)23(40-30)14-18-13-19(32)15-21(31)27(18)36/h7-15,26,36H,5-6H2,1-4H3/b23-14+/t26-/m0/s1. The topological polar surface area (TPSA) is 84.1 Å². The monoisotopic (exact) mass is 639 g/mol. The number of aromatic hydroxyl groups is 1. The lowest BCUT2D eigenvalue weighted by Crippen LogP contribution is -2.43. The van der Waals surface area contributed by atoms with Crippen molar-refractivity contribution < 1.29 is 14.6 Å². The smallest absolute Gasteiger partial charge is 0.271 e. The third kappa shape index (κ3) is 4.76. The van der Waals surface area contributed by atoms with E-state index in [0.717, 1.165) is 10.8 Å². The fourth-order valence-corrected chi connectivity index (χ4v) is 6.99. The predicted molar refractivity (Wildman–Crippen MR) is 163 cm³/mol. The van der Waals surface area contributed by atoms with Gasteiger partial charge in [0.2, 0.25) is 0 Å². The van der Waals surface area contributed by atoms with Crippen LogP contribution in [0, 0.1) is 0 Å². The van der Waals surface area contributed by atoms with Crippen LogP contribution in [0.2, 0.25) is 5.02 Å². The van der Waals surface area contributed by atoms with Crippen LogP contribution in [0.15, 0.2) is 74.1 Å². The molecule has 206 valence electrons. The first-order valence-electron chi connectivity index (χ1n) is 12.8. The first-order valence-corrected chi connectivity index (χ1v) is 14.7. The van der Waals surface area contributed by atoms with Gasteiger partial charge in [-0.1, -0.05) is 53.3 Å². The number of fused-ring (bicyclic) bond motifs is 2. The van der Waals surface area contributed by atoms with Gasteiger partial charge >= 0.3 is 0 Å². The van der Waals surface area contributed by atoms with Gasteiger partial charge in [-0.15, -0.1) is 0 Å². The number of rotatable bonds is 6. The molecule has 1 amide bonds. The van der Waals surface area contributed by atoms with E-state index in [1.165, 1.54) is 11.3 Å². The number of amides is 1. The number of carbonyl (C=O) groups is 1. The Balaban J connectivity index is 1.87. The highest BCUT2D eigenvalue weighted by Gasteiger charge is 2.36. The van der Waals surface area contributed by atoms with E-state index in [1.54, 1.807) is 41.7 Å². The molecule has 0 radical (unpaired) electrons. The summed E-state index contributed by atoms with van der Waals surface area (Å²) in [7, 11) is 1.58. The van der Waals surface area contributed by atoms with Crippen LogP contribution in [-0.2, 0) is 4.79 Å². The zero-order valence-electron chi connectivity index (χ0n) is 22.4. The summed E-state index contributed by atoms with van der Waals surface area (Å²) in [5.74, 6) is 0.349. The van der Waals surface area contributed by atoms with Crippen molar-refractivity contribution in [3.8, 4) is 11.5 Å². The van der Waals surface area contributed by atoms with E-state index in [4.69, 9.17) is 21.3 Å². The molecule has 0 bridgehead atoms. The molecule has 7 nitrogen and oxygen atoms in total. The Labute approximate surface area is 248 Å². The van der Waals surface area contributed by atoms with E-state index < -0.39 is 6.04 Å². The number of carbonyl (C=O) groups excluding carboxylic acids is 1. The van der Waals surface area contributed by atoms with Crippen molar-refractivity contribution >= 4 is 61.6 Å². The molecule has 1 N–H and O–H groups in total. The molecule has 0 unspecified atom stereocenters. The van der Waals surface area contributed by atoms with Gasteiger partial charge in [-0.2, -0.15) is 0 Å². The molecule has 1 aliphatic heterocycles. The lowest BCUT2D eigenvalue weighted by atomic mass is 9.90. The molecular weight excluding hydrogens is 614 g/mol. The third-order valence-electron chi connectivity index (χ3n) is 7.07. The minimum atomic E-state index is -0.785. The van der Waals surface area contributed by atoms with Gasteiger partial charge in [0, 0.05) is 29.2 Å². The van der Waals surface area contributed by atoms with Gasteiger partial charge in [0.05, 0.1) is 27.4 Å². The van der Waals surface area contributed by atoms with E-state index in [1.807, 2.05) is 50.2 Å². The number of phenolic OH excluding ortho intramolecular Hbond substituents is 1. The number of benzene rings is 3. The van der Waals surface area contributed by atoms with Gasteiger partial charge < -0.3 is 14.7 Å². The van der Waals surface area contributed by atoms with Crippen LogP contribution in [0.1, 0.15) is 37.9 Å². The molecule has 0 saturated carbocycles. The highest BCUT2D eigenvalue weighted by atomic mass is 79.9. The van der Waals surface area contributed by atoms with Crippen LogP contribution < -0.4 is 19.6 Å². The van der Waals surface area contributed by atoms with Crippen molar-refractivity contribution in [2.75, 3.05) is 20.2 Å². The molecule has 1 aliphatic rings. The van der Waals surface area contributed by atoms with Gasteiger partial charge in [-0.25, -0.2) is 4.99 Å². The predicted octanol–water partition coefficient (Wildman–Crippen LogP) is 5.39. The summed E-state index contributed by atoms with van der Waals surface area (Å²) < 4.78 is 8.16. The summed E-state index contributed by atoms with van der Waals surface area (Å²) in [6.45, 7) is 6.68. The normalized spacial score (nSPS) is 15.2. The second kappa shape index (κ2) is 11.2. The van der Waals surface area contributed by atoms with E-state index >= 15 is 0 Å². The maximum Gasteiger partial charge on any atom is 0.271 e. The van der Waals surface area contributed by atoms with Crippen molar-refractivity contribution in [1.82, 2.24) is 9.47 Å². The average molecular weight is 641 g/mol. The Hall–Kier alpha value is -3.40. The minimum absolute atomic E-state index is 0.0314. The average Bonchev–Trinajstić information content (AvgIpc) is 3.24. The molecule has 2 heterocycles. The molecule has 1 aromatic heterocycles. The van der Waals surface area contributed by atoms with E-state index in [2.05, 4.69) is 15.9 Å². The van der Waals surface area contributed by atoms with Crippen molar-refractivity contribution in [2.24, 2.45) is 4.99 Å². The van der Waals surface area contributed by atoms with Gasteiger partial charge in [0.25, 0.3) is 11.5 Å². The highest BCUT2D eigenvalue weighted by molar-refractivity contribution is 9.10. The Morgan fingerprint density at radius 2 is 1.95 bits per heavy atom. The first kappa shape index (κ1) is 28.1. The number of ether oxygens (including phenoxy) is 1. The summed E-state index contributed by atoms with van der Waals surface area (Å²) in [6.07, 6.45) is 1.60. The van der Waals surface area contributed by atoms with Gasteiger partial charge in [-0.05, 0) is 71.7 Å². The number of hydrogen-bond acceptors (Lipinski definition) is 6. The molecule has 0 aliphatic carbocycles. The Bertz CT molecular complexity index is 1870. The molecule has 5 rings (SSSR count). The number of allylic oxidation sites excluding steroid dienone is 1.